The van der Waals surface area contributed by atoms with Crippen molar-refractivity contribution in [3.63, 3.8) is 0 Å². The molecule has 0 fully saturated rings. The average Bonchev–Trinajstić information content (AvgIpc) is 2.77. The third kappa shape index (κ3) is 5.25. The first-order chi connectivity index (χ1) is 15.1. The Morgan fingerprint density at radius 3 is 2.58 bits per heavy atom. The zero-order valence-corrected chi connectivity index (χ0v) is 18.2. The number of hydrogen-bond acceptors (Lipinski definition) is 3. The summed E-state index contributed by atoms with van der Waals surface area (Å²) in [7, 11) is 0. The van der Waals surface area contributed by atoms with Crippen LogP contribution in [0.15, 0.2) is 88.7 Å². The van der Waals surface area contributed by atoms with Gasteiger partial charge in [-0.3, -0.25) is 14.5 Å². The first-order valence-electron chi connectivity index (χ1n) is 10.3. The summed E-state index contributed by atoms with van der Waals surface area (Å²) in [5, 5.41) is 2.95. The van der Waals surface area contributed by atoms with Crippen molar-refractivity contribution >= 4 is 35.3 Å². The lowest BCUT2D eigenvalue weighted by Gasteiger charge is -2.29. The van der Waals surface area contributed by atoms with Gasteiger partial charge in [0.1, 0.15) is 6.54 Å². The number of carbonyl (C=O) groups is 2. The Morgan fingerprint density at radius 1 is 1.00 bits per heavy atom. The second kappa shape index (κ2) is 9.67. The van der Waals surface area contributed by atoms with Crippen LogP contribution in [-0.4, -0.2) is 24.9 Å². The predicted octanol–water partition coefficient (Wildman–Crippen LogP) is 4.83. The van der Waals surface area contributed by atoms with E-state index in [0.717, 1.165) is 22.6 Å². The van der Waals surface area contributed by atoms with Crippen LogP contribution in [0.5, 0.6) is 0 Å². The van der Waals surface area contributed by atoms with Crippen molar-refractivity contribution < 1.29 is 9.59 Å². The molecule has 0 aromatic heterocycles. The summed E-state index contributed by atoms with van der Waals surface area (Å²) >= 11 is 1.45. The second-order valence-corrected chi connectivity index (χ2v) is 8.55. The van der Waals surface area contributed by atoms with Crippen molar-refractivity contribution in [3.8, 4) is 0 Å². The molecule has 4 nitrogen and oxygen atoms in total. The van der Waals surface area contributed by atoms with Crippen LogP contribution >= 0.6 is 11.8 Å². The van der Waals surface area contributed by atoms with Crippen LogP contribution in [0.3, 0.4) is 0 Å². The molecule has 3 aromatic carbocycles. The summed E-state index contributed by atoms with van der Waals surface area (Å²) < 4.78 is 0. The lowest BCUT2D eigenvalue weighted by Crippen LogP contribution is -2.43. The summed E-state index contributed by atoms with van der Waals surface area (Å²) in [5.41, 5.74) is 4.12. The standard InChI is InChI=1S/C26H24N2O2S/c1-19-8-7-11-21(16-19)14-15-27-25(29)18-28-22-12-5-6-13-23(22)31-24(26(28)30)17-20-9-3-2-4-10-20/h2-13,16-17H,14-15,18H2,1H3,(H,27,29)/b24-17-. The molecule has 1 N–H and O–H groups in total. The van der Waals surface area contributed by atoms with E-state index < -0.39 is 0 Å². The maximum absolute atomic E-state index is 13.2. The quantitative estimate of drug-likeness (QED) is 0.572. The molecule has 0 radical (unpaired) electrons. The molecule has 3 aromatic rings. The number of benzene rings is 3. The lowest BCUT2D eigenvalue weighted by molar-refractivity contribution is -0.122. The highest BCUT2D eigenvalue weighted by molar-refractivity contribution is 8.04. The molecule has 0 atom stereocenters. The molecule has 0 unspecified atom stereocenters. The van der Waals surface area contributed by atoms with E-state index >= 15 is 0 Å². The molecular weight excluding hydrogens is 404 g/mol. The van der Waals surface area contributed by atoms with E-state index in [-0.39, 0.29) is 18.4 Å². The van der Waals surface area contributed by atoms with Gasteiger partial charge in [0.2, 0.25) is 5.91 Å². The molecule has 0 aliphatic carbocycles. The number of anilines is 1. The molecular formula is C26H24N2O2S. The Labute approximate surface area is 187 Å². The monoisotopic (exact) mass is 428 g/mol. The van der Waals surface area contributed by atoms with Crippen LogP contribution in [0.25, 0.3) is 6.08 Å². The van der Waals surface area contributed by atoms with E-state index in [0.29, 0.717) is 11.4 Å². The number of aryl methyl sites for hydroxylation is 1. The largest absolute Gasteiger partial charge is 0.354 e. The van der Waals surface area contributed by atoms with Crippen molar-refractivity contribution in [2.45, 2.75) is 18.2 Å². The van der Waals surface area contributed by atoms with Gasteiger partial charge in [-0.05, 0) is 42.7 Å². The van der Waals surface area contributed by atoms with Crippen LogP contribution in [0, 0.1) is 6.92 Å². The molecule has 1 aliphatic heterocycles. The molecule has 156 valence electrons. The Morgan fingerprint density at radius 2 is 1.77 bits per heavy atom. The zero-order valence-electron chi connectivity index (χ0n) is 17.4. The van der Waals surface area contributed by atoms with Crippen LogP contribution in [0.4, 0.5) is 5.69 Å². The number of fused-ring (bicyclic) bond motifs is 1. The van der Waals surface area contributed by atoms with E-state index in [4.69, 9.17) is 0 Å². The van der Waals surface area contributed by atoms with Crippen molar-refractivity contribution in [3.05, 3.63) is 100 Å². The fourth-order valence-corrected chi connectivity index (χ4v) is 4.59. The topological polar surface area (TPSA) is 49.4 Å². The van der Waals surface area contributed by atoms with Crippen LogP contribution in [-0.2, 0) is 16.0 Å². The highest BCUT2D eigenvalue weighted by Gasteiger charge is 2.30. The highest BCUT2D eigenvalue weighted by Crippen LogP contribution is 2.41. The number of rotatable bonds is 6. The molecule has 1 heterocycles. The van der Waals surface area contributed by atoms with Gasteiger partial charge in [0.05, 0.1) is 10.6 Å². The third-order valence-electron chi connectivity index (χ3n) is 5.05. The minimum atomic E-state index is -0.165. The molecule has 1 aliphatic rings. The first kappa shape index (κ1) is 20.9. The molecule has 0 bridgehead atoms. The van der Waals surface area contributed by atoms with Gasteiger partial charge in [0.25, 0.3) is 5.91 Å². The number of nitrogens with one attached hydrogen (secondary N) is 1. The summed E-state index contributed by atoms with van der Waals surface area (Å²) in [6.45, 7) is 2.59. The van der Waals surface area contributed by atoms with E-state index in [2.05, 4.69) is 30.4 Å². The minimum Gasteiger partial charge on any atom is -0.354 e. The summed E-state index contributed by atoms with van der Waals surface area (Å²) in [6, 6.07) is 25.7. The van der Waals surface area contributed by atoms with Gasteiger partial charge in [0, 0.05) is 11.4 Å². The highest BCUT2D eigenvalue weighted by atomic mass is 32.2. The predicted molar refractivity (Wildman–Crippen MR) is 127 cm³/mol. The zero-order chi connectivity index (χ0) is 21.6. The second-order valence-electron chi connectivity index (χ2n) is 7.47. The number of amides is 2. The molecule has 4 rings (SSSR count). The molecule has 5 heteroatoms. The molecule has 0 saturated heterocycles. The SMILES string of the molecule is Cc1cccc(CCNC(=O)CN2C(=O)/C(=C/c3ccccc3)Sc3ccccc32)c1. The Hall–Kier alpha value is -3.31. The van der Waals surface area contributed by atoms with Crippen molar-refractivity contribution in [2.24, 2.45) is 0 Å². The number of hydrogen-bond donors (Lipinski definition) is 1. The maximum atomic E-state index is 13.2. The van der Waals surface area contributed by atoms with Crippen molar-refractivity contribution in [2.75, 3.05) is 18.0 Å². The molecule has 31 heavy (non-hydrogen) atoms. The first-order valence-corrected chi connectivity index (χ1v) is 11.1. The van der Waals surface area contributed by atoms with Crippen molar-refractivity contribution in [1.29, 1.82) is 0 Å². The summed E-state index contributed by atoms with van der Waals surface area (Å²) in [5.74, 6) is -0.317. The summed E-state index contributed by atoms with van der Waals surface area (Å²) in [6.07, 6.45) is 2.64. The van der Waals surface area contributed by atoms with E-state index in [1.54, 1.807) is 4.90 Å². The number of carbonyl (C=O) groups excluding carboxylic acids is 2. The van der Waals surface area contributed by atoms with Crippen LogP contribution in [0.2, 0.25) is 0 Å². The Bertz CT molecular complexity index is 1130. The Kier molecular flexibility index (Phi) is 6.53. The van der Waals surface area contributed by atoms with E-state index in [9.17, 15) is 9.59 Å². The smallest absolute Gasteiger partial charge is 0.265 e. The number of para-hydroxylation sites is 1. The Balaban J connectivity index is 1.47. The van der Waals surface area contributed by atoms with Crippen LogP contribution < -0.4 is 10.2 Å². The maximum Gasteiger partial charge on any atom is 0.265 e. The molecule has 2 amide bonds. The fourth-order valence-electron chi connectivity index (χ4n) is 3.53. The third-order valence-corrected chi connectivity index (χ3v) is 6.13. The van der Waals surface area contributed by atoms with Gasteiger partial charge >= 0.3 is 0 Å². The average molecular weight is 429 g/mol. The van der Waals surface area contributed by atoms with Gasteiger partial charge in [-0.15, -0.1) is 0 Å². The van der Waals surface area contributed by atoms with E-state index in [1.165, 1.54) is 22.9 Å². The van der Waals surface area contributed by atoms with Crippen LogP contribution in [0.1, 0.15) is 16.7 Å². The van der Waals surface area contributed by atoms with Gasteiger partial charge in [-0.25, -0.2) is 0 Å². The van der Waals surface area contributed by atoms with Gasteiger partial charge in [0.15, 0.2) is 0 Å². The van der Waals surface area contributed by atoms with Gasteiger partial charge in [-0.2, -0.15) is 0 Å². The number of nitrogens with zero attached hydrogens (tertiary/aromatic N) is 1. The molecule has 0 spiro atoms. The summed E-state index contributed by atoms with van der Waals surface area (Å²) in [4.78, 5) is 29.0. The van der Waals surface area contributed by atoms with Gasteiger partial charge in [-0.1, -0.05) is 84.1 Å². The number of thioether (sulfide) groups is 1. The van der Waals surface area contributed by atoms with Crippen molar-refractivity contribution in [1.82, 2.24) is 5.32 Å². The van der Waals surface area contributed by atoms with E-state index in [1.807, 2.05) is 66.7 Å². The lowest BCUT2D eigenvalue weighted by atomic mass is 10.1. The fraction of sp³-hybridized carbons (Fsp3) is 0.154. The normalized spacial score (nSPS) is 14.4. The molecule has 0 saturated carbocycles. The van der Waals surface area contributed by atoms with Gasteiger partial charge < -0.3 is 5.32 Å². The minimum absolute atomic E-state index is 0.00362.